The zero-order chi connectivity index (χ0) is 27.6. The van der Waals surface area contributed by atoms with Gasteiger partial charge in [0.05, 0.1) is 0 Å². The second kappa shape index (κ2) is 9.38. The second-order valence-corrected chi connectivity index (χ2v) is 13.9. The summed E-state index contributed by atoms with van der Waals surface area (Å²) in [5.41, 5.74) is 2.91. The molecule has 0 spiro atoms. The van der Waals surface area contributed by atoms with Crippen molar-refractivity contribution in [2.45, 2.75) is 119 Å². The molecule has 2 saturated carbocycles. The normalized spacial score (nSPS) is 39.9. The van der Waals surface area contributed by atoms with E-state index in [9.17, 15) is 19.5 Å². The Bertz CT molecular complexity index is 1050. The fraction of sp³-hybridized carbons (Fsp3) is 0.781. The van der Waals surface area contributed by atoms with Gasteiger partial charge in [-0.15, -0.1) is 0 Å². The van der Waals surface area contributed by atoms with Crippen LogP contribution in [0.3, 0.4) is 0 Å². The monoisotopic (exact) mass is 512 g/mol. The zero-order valence-electron chi connectivity index (χ0n) is 24.3. The number of hydrogen-bond acceptors (Lipinski definition) is 4. The topological polar surface area (TPSA) is 80.7 Å². The molecule has 0 bridgehead atoms. The molecular weight excluding hydrogens is 464 g/mol. The maximum Gasteiger partial charge on any atom is 0.330 e. The first kappa shape index (κ1) is 28.1. The van der Waals surface area contributed by atoms with Crippen molar-refractivity contribution < 1.29 is 24.2 Å². The van der Waals surface area contributed by atoms with Gasteiger partial charge in [-0.05, 0) is 80.5 Å². The third-order valence-electron chi connectivity index (χ3n) is 12.0. The van der Waals surface area contributed by atoms with E-state index in [4.69, 9.17) is 4.74 Å². The second-order valence-electron chi connectivity index (χ2n) is 13.9. The van der Waals surface area contributed by atoms with Gasteiger partial charge >= 0.3 is 11.9 Å². The predicted octanol–water partition coefficient (Wildman–Crippen LogP) is 7.29. The minimum Gasteiger partial charge on any atom is -0.478 e. The number of carboxylic acids is 1. The van der Waals surface area contributed by atoms with E-state index in [-0.39, 0.29) is 33.7 Å². The molecule has 37 heavy (non-hydrogen) atoms. The average molecular weight is 513 g/mol. The number of ketones is 1. The fourth-order valence-corrected chi connectivity index (χ4v) is 9.63. The van der Waals surface area contributed by atoms with Gasteiger partial charge in [0, 0.05) is 36.2 Å². The Kier molecular flexibility index (Phi) is 7.12. The van der Waals surface area contributed by atoms with E-state index in [0.717, 1.165) is 51.4 Å². The van der Waals surface area contributed by atoms with Gasteiger partial charge < -0.3 is 9.84 Å². The van der Waals surface area contributed by atoms with Crippen LogP contribution in [0.25, 0.3) is 0 Å². The van der Waals surface area contributed by atoms with Crippen molar-refractivity contribution in [1.29, 1.82) is 0 Å². The van der Waals surface area contributed by atoms with Crippen molar-refractivity contribution in [2.24, 2.45) is 39.4 Å². The van der Waals surface area contributed by atoms with E-state index >= 15 is 0 Å². The molecule has 0 heterocycles. The highest BCUT2D eigenvalue weighted by Crippen LogP contribution is 2.72. The maximum atomic E-state index is 12.9. The van der Waals surface area contributed by atoms with Gasteiger partial charge in [0.1, 0.15) is 11.9 Å². The van der Waals surface area contributed by atoms with Crippen molar-refractivity contribution in [3.8, 4) is 0 Å². The lowest BCUT2D eigenvalue weighted by Crippen LogP contribution is -2.58. The molecule has 5 nitrogen and oxygen atoms in total. The van der Waals surface area contributed by atoms with Crippen LogP contribution in [-0.2, 0) is 19.1 Å². The molecule has 0 saturated heterocycles. The minimum atomic E-state index is -0.855. The Hall–Kier alpha value is -1.91. The third kappa shape index (κ3) is 4.14. The lowest BCUT2D eigenvalue weighted by atomic mass is 9.43. The number of carbonyl (C=O) groups is 3. The van der Waals surface area contributed by atoms with Gasteiger partial charge in [0.15, 0.2) is 0 Å². The van der Waals surface area contributed by atoms with Crippen LogP contribution in [0.15, 0.2) is 22.8 Å². The van der Waals surface area contributed by atoms with Crippen LogP contribution in [0.2, 0.25) is 0 Å². The third-order valence-corrected chi connectivity index (χ3v) is 12.0. The standard InChI is InChI=1S/C32H48O5/c1-19(10-9-11-20(2)28(35)36)22-14-17-31(7)23-12-13-25-29(4,5)26(34)15-16-30(25,6)24(23)18-27(32(22,31)8)37-21(3)33/h11,19,22,25,27H,9-10,12-18H2,1-8H3,(H,35,36)/b20-11-/t19-,22-,25-,27+,30-,31+,32+/m1/s1. The number of Topliss-reactive ketones (excluding diaryl/α,β-unsaturated/α-hetero) is 1. The quantitative estimate of drug-likeness (QED) is 0.229. The van der Waals surface area contributed by atoms with E-state index in [1.807, 2.05) is 6.08 Å². The number of allylic oxidation sites excluding steroid dienone is 2. The van der Waals surface area contributed by atoms with Gasteiger partial charge in [-0.25, -0.2) is 4.79 Å². The van der Waals surface area contributed by atoms with Crippen LogP contribution in [0.4, 0.5) is 0 Å². The zero-order valence-corrected chi connectivity index (χ0v) is 24.3. The lowest BCUT2D eigenvalue weighted by molar-refractivity contribution is -0.166. The van der Waals surface area contributed by atoms with Crippen LogP contribution >= 0.6 is 0 Å². The summed E-state index contributed by atoms with van der Waals surface area (Å²) in [4.78, 5) is 36.6. The summed E-state index contributed by atoms with van der Waals surface area (Å²) >= 11 is 0. The molecule has 0 aromatic rings. The summed E-state index contributed by atoms with van der Waals surface area (Å²) in [5, 5.41) is 9.23. The SMILES string of the molecule is CC(=O)O[C@H]1CC2=C(CC[C@@H]3C(C)(C)C(=O)CC[C@]23C)[C@]2(C)CC[C@H]([C@H](C)CC/C=C(/C)C(=O)O)[C@@]12C. The van der Waals surface area contributed by atoms with Crippen molar-refractivity contribution in [1.82, 2.24) is 0 Å². The number of carbonyl (C=O) groups excluding carboxylic acids is 2. The first-order chi connectivity index (χ1) is 17.1. The maximum absolute atomic E-state index is 12.9. The Morgan fingerprint density at radius 2 is 1.73 bits per heavy atom. The number of aliphatic carboxylic acids is 1. The largest absolute Gasteiger partial charge is 0.478 e. The Morgan fingerprint density at radius 3 is 2.35 bits per heavy atom. The number of ether oxygens (including phenoxy) is 1. The van der Waals surface area contributed by atoms with E-state index in [0.29, 0.717) is 35.5 Å². The highest BCUT2D eigenvalue weighted by atomic mass is 16.5. The van der Waals surface area contributed by atoms with Crippen molar-refractivity contribution in [3.05, 3.63) is 22.8 Å². The fourth-order valence-electron chi connectivity index (χ4n) is 9.63. The lowest BCUT2D eigenvalue weighted by Gasteiger charge is -2.62. The highest BCUT2D eigenvalue weighted by Gasteiger charge is 2.67. The summed E-state index contributed by atoms with van der Waals surface area (Å²) in [6, 6.07) is 0. The Morgan fingerprint density at radius 1 is 1.05 bits per heavy atom. The molecule has 0 aromatic carbocycles. The van der Waals surface area contributed by atoms with Gasteiger partial charge in [-0.1, -0.05) is 58.8 Å². The van der Waals surface area contributed by atoms with Crippen LogP contribution in [-0.4, -0.2) is 28.9 Å². The van der Waals surface area contributed by atoms with Gasteiger partial charge in [0.2, 0.25) is 0 Å². The first-order valence-corrected chi connectivity index (χ1v) is 14.4. The summed E-state index contributed by atoms with van der Waals surface area (Å²) in [7, 11) is 0. The number of carboxylic acid groups (broad SMARTS) is 1. The smallest absolute Gasteiger partial charge is 0.330 e. The molecule has 4 aliphatic carbocycles. The summed E-state index contributed by atoms with van der Waals surface area (Å²) < 4.78 is 6.25. The molecule has 0 radical (unpaired) electrons. The molecule has 0 aromatic heterocycles. The van der Waals surface area contributed by atoms with E-state index in [1.165, 1.54) is 12.5 Å². The molecular formula is C32H48O5. The Labute approximate surface area is 223 Å². The van der Waals surface area contributed by atoms with Crippen molar-refractivity contribution in [2.75, 3.05) is 0 Å². The van der Waals surface area contributed by atoms with Crippen LogP contribution in [0.1, 0.15) is 113 Å². The Balaban J connectivity index is 1.74. The number of fused-ring (bicyclic) bond motifs is 4. The van der Waals surface area contributed by atoms with Gasteiger partial charge in [0.25, 0.3) is 0 Å². The minimum absolute atomic E-state index is 0.0312. The number of rotatable bonds is 6. The first-order valence-electron chi connectivity index (χ1n) is 14.4. The molecule has 0 unspecified atom stereocenters. The number of esters is 1. The molecule has 2 fully saturated rings. The molecule has 4 aliphatic rings. The molecule has 4 rings (SSSR count). The molecule has 5 heteroatoms. The van der Waals surface area contributed by atoms with Crippen molar-refractivity contribution in [3.63, 3.8) is 0 Å². The molecule has 7 atom stereocenters. The highest BCUT2D eigenvalue weighted by molar-refractivity contribution is 5.86. The molecule has 1 N–H and O–H groups in total. The van der Waals surface area contributed by atoms with E-state index in [2.05, 4.69) is 41.5 Å². The van der Waals surface area contributed by atoms with Crippen LogP contribution < -0.4 is 0 Å². The predicted molar refractivity (Wildman–Crippen MR) is 145 cm³/mol. The molecule has 0 amide bonds. The van der Waals surface area contributed by atoms with Gasteiger partial charge in [-0.3, -0.25) is 9.59 Å². The van der Waals surface area contributed by atoms with E-state index < -0.39 is 5.97 Å². The van der Waals surface area contributed by atoms with Crippen LogP contribution in [0, 0.1) is 39.4 Å². The van der Waals surface area contributed by atoms with Crippen LogP contribution in [0.5, 0.6) is 0 Å². The summed E-state index contributed by atoms with van der Waals surface area (Å²) in [6.45, 7) is 17.0. The van der Waals surface area contributed by atoms with E-state index in [1.54, 1.807) is 12.5 Å². The number of hydrogen-bond donors (Lipinski definition) is 1. The van der Waals surface area contributed by atoms with Crippen molar-refractivity contribution >= 4 is 17.7 Å². The average Bonchev–Trinajstić information content (AvgIpc) is 3.09. The summed E-state index contributed by atoms with van der Waals surface area (Å²) in [6.07, 6.45) is 9.90. The van der Waals surface area contributed by atoms with Gasteiger partial charge in [-0.2, -0.15) is 0 Å². The summed E-state index contributed by atoms with van der Waals surface area (Å²) in [5.74, 6) is 0.432. The molecule has 0 aliphatic heterocycles. The molecule has 206 valence electrons.